The van der Waals surface area contributed by atoms with Gasteiger partial charge in [0.25, 0.3) is 15.9 Å². The first-order chi connectivity index (χ1) is 18.9. The van der Waals surface area contributed by atoms with Gasteiger partial charge >= 0.3 is 0 Å². The number of pyridine rings is 2. The van der Waals surface area contributed by atoms with Crippen molar-refractivity contribution in [2.75, 3.05) is 6.61 Å². The minimum absolute atomic E-state index is 0.179. The Labute approximate surface area is 231 Å². The maximum atomic E-state index is 14.5. The van der Waals surface area contributed by atoms with Crippen molar-refractivity contribution in [2.45, 2.75) is 32.7 Å². The Morgan fingerprint density at radius 3 is 2.42 bits per heavy atom. The molecule has 4 aromatic rings. The number of carbonyl (C=O) groups excluding carboxylic acids is 1. The third-order valence-electron chi connectivity index (χ3n) is 5.69. The van der Waals surface area contributed by atoms with Crippen molar-refractivity contribution >= 4 is 15.9 Å². The molecule has 4 rings (SSSR count). The normalized spacial score (nSPS) is 11.3. The number of halogens is 1. The Kier molecular flexibility index (Phi) is 8.34. The van der Waals surface area contributed by atoms with Gasteiger partial charge in [-0.1, -0.05) is 32.0 Å². The van der Waals surface area contributed by atoms with E-state index < -0.39 is 26.8 Å². The average Bonchev–Trinajstić information content (AvgIpc) is 2.89. The Morgan fingerprint density at radius 2 is 1.77 bits per heavy atom. The number of sulfonamides is 1. The van der Waals surface area contributed by atoms with E-state index in [0.29, 0.717) is 23.7 Å². The van der Waals surface area contributed by atoms with E-state index in [2.05, 4.69) is 9.97 Å². The van der Waals surface area contributed by atoms with E-state index in [1.54, 1.807) is 6.07 Å². The molecule has 9 nitrogen and oxygen atoms in total. The second-order valence-corrected chi connectivity index (χ2v) is 11.2. The number of hydrogen-bond donors (Lipinski definition) is 2. The zero-order valence-electron chi connectivity index (χ0n) is 22.3. The molecule has 2 N–H and O–H groups in total. The highest BCUT2D eigenvalue weighted by molar-refractivity contribution is 7.90. The second kappa shape index (κ2) is 11.7. The molecule has 0 unspecified atom stereocenters. The second-order valence-electron chi connectivity index (χ2n) is 9.54. The molecule has 0 spiro atoms. The van der Waals surface area contributed by atoms with Crippen LogP contribution in [0.15, 0.2) is 71.9 Å². The lowest BCUT2D eigenvalue weighted by molar-refractivity contribution is 0.0978. The maximum absolute atomic E-state index is 14.5. The monoisotopic (exact) mass is 565 g/mol. The number of para-hydroxylation sites is 1. The Hall–Kier alpha value is -4.51. The molecular formula is C29H28FN3O6S. The molecule has 2 aromatic heterocycles. The highest BCUT2D eigenvalue weighted by Crippen LogP contribution is 2.33. The molecule has 0 bridgehead atoms. The molecular weight excluding hydrogens is 537 g/mol. The highest BCUT2D eigenvalue weighted by atomic mass is 32.2. The third kappa shape index (κ3) is 6.73. The summed E-state index contributed by atoms with van der Waals surface area (Å²) in [6.07, 6.45) is 0.947. The minimum atomic E-state index is -4.39. The molecule has 2 aromatic carbocycles. The van der Waals surface area contributed by atoms with E-state index in [9.17, 15) is 22.7 Å². The van der Waals surface area contributed by atoms with Gasteiger partial charge in [0, 0.05) is 11.6 Å². The number of nitrogens with one attached hydrogen (secondary N) is 1. The fraction of sp³-hybridized carbons (Fsp3) is 0.207. The number of nitrogens with zero attached hydrogens (tertiary/aromatic N) is 2. The van der Waals surface area contributed by atoms with Gasteiger partial charge in [0.05, 0.1) is 18.5 Å². The molecule has 11 heteroatoms. The van der Waals surface area contributed by atoms with Crippen LogP contribution in [-0.2, 0) is 10.0 Å². The van der Waals surface area contributed by atoms with Crippen molar-refractivity contribution in [3.63, 3.8) is 0 Å². The molecule has 0 saturated carbocycles. The number of amides is 1. The topological polar surface area (TPSA) is 128 Å². The fourth-order valence-corrected chi connectivity index (χ4v) is 4.62. The summed E-state index contributed by atoms with van der Waals surface area (Å²) in [6.45, 7) is 7.97. The van der Waals surface area contributed by atoms with E-state index in [4.69, 9.17) is 9.47 Å². The highest BCUT2D eigenvalue weighted by Gasteiger charge is 2.25. The van der Waals surface area contributed by atoms with Crippen LogP contribution in [0.4, 0.5) is 4.39 Å². The molecule has 0 aliphatic carbocycles. The van der Waals surface area contributed by atoms with Crippen molar-refractivity contribution in [3.05, 3.63) is 89.4 Å². The number of aromatic hydroxyl groups is 1. The number of aromatic nitrogens is 2. The Balaban J connectivity index is 1.76. The van der Waals surface area contributed by atoms with Gasteiger partial charge < -0.3 is 14.6 Å². The lowest BCUT2D eigenvalue weighted by Gasteiger charge is -2.16. The van der Waals surface area contributed by atoms with Gasteiger partial charge in [0.15, 0.2) is 5.03 Å². The summed E-state index contributed by atoms with van der Waals surface area (Å²) >= 11 is 0. The lowest BCUT2D eigenvalue weighted by atomic mass is 10.1. The van der Waals surface area contributed by atoms with Crippen LogP contribution in [0.2, 0.25) is 0 Å². The molecule has 0 aliphatic heterocycles. The van der Waals surface area contributed by atoms with E-state index in [1.165, 1.54) is 24.3 Å². The van der Waals surface area contributed by atoms with E-state index >= 15 is 0 Å². The van der Waals surface area contributed by atoms with Gasteiger partial charge in [-0.2, -0.15) is 8.42 Å². The minimum Gasteiger partial charge on any atom is -0.506 e. The SMILES string of the molecule is Cc1cccc(C)c1Oc1nc(-c2cc(F)cc(OCC(C)C)c2)ccc1C(=O)NS(=O)(=O)c1ccc(O)cn1. The fourth-order valence-electron chi connectivity index (χ4n) is 3.73. The number of ether oxygens (including phenoxy) is 2. The van der Waals surface area contributed by atoms with E-state index in [-0.39, 0.29) is 28.8 Å². The van der Waals surface area contributed by atoms with Crippen LogP contribution in [-0.4, -0.2) is 36.0 Å². The van der Waals surface area contributed by atoms with Gasteiger partial charge in [0.1, 0.15) is 28.6 Å². The molecule has 0 atom stereocenters. The van der Waals surface area contributed by atoms with Crippen LogP contribution < -0.4 is 14.2 Å². The number of rotatable bonds is 9. The van der Waals surface area contributed by atoms with E-state index in [1.807, 2.05) is 50.6 Å². The molecule has 0 aliphatic rings. The van der Waals surface area contributed by atoms with Gasteiger partial charge in [-0.05, 0) is 67.3 Å². The van der Waals surface area contributed by atoms with Crippen molar-refractivity contribution in [2.24, 2.45) is 5.92 Å². The van der Waals surface area contributed by atoms with Gasteiger partial charge in [0.2, 0.25) is 5.88 Å². The summed E-state index contributed by atoms with van der Waals surface area (Å²) in [4.78, 5) is 21.4. The largest absolute Gasteiger partial charge is 0.506 e. The zero-order valence-corrected chi connectivity index (χ0v) is 23.1. The van der Waals surface area contributed by atoms with Crippen LogP contribution in [0, 0.1) is 25.6 Å². The van der Waals surface area contributed by atoms with Crippen LogP contribution in [0.5, 0.6) is 23.1 Å². The van der Waals surface area contributed by atoms with Crippen LogP contribution in [0.1, 0.15) is 35.3 Å². The molecule has 1 amide bonds. The lowest BCUT2D eigenvalue weighted by Crippen LogP contribution is -2.31. The standard InChI is InChI=1S/C29H28FN3O6S/c1-17(2)16-38-23-13-20(12-21(30)14-23)25-10-9-24(29(32-25)39-27-18(3)6-5-7-19(27)4)28(35)33-40(36,37)26-11-8-22(34)15-31-26/h5-15,17,34H,16H2,1-4H3,(H,33,35). The first kappa shape index (κ1) is 28.5. The number of aryl methyl sites for hydroxylation is 2. The Morgan fingerprint density at radius 1 is 1.05 bits per heavy atom. The molecule has 0 fully saturated rings. The van der Waals surface area contributed by atoms with Crippen molar-refractivity contribution in [1.82, 2.24) is 14.7 Å². The number of carbonyl (C=O) groups is 1. The van der Waals surface area contributed by atoms with Crippen molar-refractivity contribution in [1.29, 1.82) is 0 Å². The number of hydrogen-bond acceptors (Lipinski definition) is 8. The van der Waals surface area contributed by atoms with Crippen LogP contribution in [0.3, 0.4) is 0 Å². The van der Waals surface area contributed by atoms with Crippen LogP contribution >= 0.6 is 0 Å². The molecule has 2 heterocycles. The third-order valence-corrected chi connectivity index (χ3v) is 6.93. The van der Waals surface area contributed by atoms with Gasteiger partial charge in [-0.15, -0.1) is 0 Å². The average molecular weight is 566 g/mol. The Bertz CT molecular complexity index is 1640. The first-order valence-electron chi connectivity index (χ1n) is 12.3. The summed E-state index contributed by atoms with van der Waals surface area (Å²) < 4.78 is 53.8. The van der Waals surface area contributed by atoms with Crippen molar-refractivity contribution in [3.8, 4) is 34.4 Å². The predicted octanol–water partition coefficient (Wildman–Crippen LogP) is 5.55. The summed E-state index contributed by atoms with van der Waals surface area (Å²) in [5.41, 5.74) is 1.98. The summed E-state index contributed by atoms with van der Waals surface area (Å²) in [5, 5.41) is 8.95. The molecule has 0 saturated heterocycles. The predicted molar refractivity (Wildman–Crippen MR) is 147 cm³/mol. The summed E-state index contributed by atoms with van der Waals surface area (Å²) in [6, 6.07) is 14.6. The van der Waals surface area contributed by atoms with E-state index in [0.717, 1.165) is 29.5 Å². The quantitative estimate of drug-likeness (QED) is 0.270. The summed E-state index contributed by atoms with van der Waals surface area (Å²) in [7, 11) is -4.39. The van der Waals surface area contributed by atoms with Gasteiger partial charge in [-0.3, -0.25) is 4.79 Å². The first-order valence-corrected chi connectivity index (χ1v) is 13.8. The molecule has 0 radical (unpaired) electrons. The molecule has 40 heavy (non-hydrogen) atoms. The summed E-state index contributed by atoms with van der Waals surface area (Å²) in [5.74, 6) is -0.992. The number of benzene rings is 2. The zero-order chi connectivity index (χ0) is 29.0. The molecule has 208 valence electrons. The van der Waals surface area contributed by atoms with Crippen molar-refractivity contribution < 1.29 is 32.2 Å². The maximum Gasteiger partial charge on any atom is 0.281 e. The smallest absolute Gasteiger partial charge is 0.281 e. The van der Waals surface area contributed by atoms with Crippen LogP contribution in [0.25, 0.3) is 11.3 Å². The van der Waals surface area contributed by atoms with Gasteiger partial charge in [-0.25, -0.2) is 19.1 Å².